The highest BCUT2D eigenvalue weighted by Gasteiger charge is 2.76. The number of hydrogen-bond donors (Lipinski definition) is 1. The highest BCUT2D eigenvalue weighted by molar-refractivity contribution is 5.75. The second-order valence-electron chi connectivity index (χ2n) is 10.7. The van der Waals surface area contributed by atoms with E-state index in [0.29, 0.717) is 11.3 Å². The molecular weight excluding hydrogens is 348 g/mol. The number of carbonyl (C=O) groups is 1. The molecule has 5 aliphatic carbocycles. The van der Waals surface area contributed by atoms with Gasteiger partial charge in [0.15, 0.2) is 0 Å². The van der Waals surface area contributed by atoms with Crippen LogP contribution in [0, 0.1) is 28.6 Å². The van der Waals surface area contributed by atoms with Crippen molar-refractivity contribution in [1.82, 2.24) is 0 Å². The largest absolute Gasteiger partial charge is 0.426 e. The lowest BCUT2D eigenvalue weighted by atomic mass is 9.52. The summed E-state index contributed by atoms with van der Waals surface area (Å²) < 4.78 is 5.76. The summed E-state index contributed by atoms with van der Waals surface area (Å²) in [5.74, 6) is 2.94. The number of aryl methyl sites for hydroxylation is 1. The van der Waals surface area contributed by atoms with Crippen molar-refractivity contribution < 1.29 is 14.6 Å². The molecule has 1 aromatic carbocycles. The zero-order chi connectivity index (χ0) is 19.1. The molecule has 0 saturated heterocycles. The third-order valence-corrected chi connectivity index (χ3v) is 9.73. The van der Waals surface area contributed by atoms with E-state index in [0.717, 1.165) is 62.5 Å². The van der Waals surface area contributed by atoms with Gasteiger partial charge in [-0.15, -0.1) is 0 Å². The number of hydrogen-bond acceptors (Lipinski definition) is 3. The fourth-order valence-corrected chi connectivity index (χ4v) is 8.20. The Balaban J connectivity index is 1.26. The Morgan fingerprint density at radius 3 is 2.82 bits per heavy atom. The van der Waals surface area contributed by atoms with E-state index in [2.05, 4.69) is 19.1 Å². The van der Waals surface area contributed by atoms with Crippen molar-refractivity contribution in [2.75, 3.05) is 0 Å². The van der Waals surface area contributed by atoms with Crippen LogP contribution in [0.25, 0.3) is 0 Å². The topological polar surface area (TPSA) is 46.5 Å². The highest BCUT2D eigenvalue weighted by atomic mass is 16.5. The zero-order valence-electron chi connectivity index (χ0n) is 17.0. The van der Waals surface area contributed by atoms with Gasteiger partial charge in [0.1, 0.15) is 5.75 Å². The number of fused-ring (bicyclic) bond motifs is 3. The minimum Gasteiger partial charge on any atom is -0.426 e. The summed E-state index contributed by atoms with van der Waals surface area (Å²) in [6.45, 7) is 2.38. The highest BCUT2D eigenvalue weighted by Crippen LogP contribution is 2.81. The van der Waals surface area contributed by atoms with Gasteiger partial charge in [-0.1, -0.05) is 25.8 Å². The van der Waals surface area contributed by atoms with Crippen LogP contribution in [-0.2, 0) is 11.2 Å². The molecule has 0 aliphatic heterocycles. The van der Waals surface area contributed by atoms with Gasteiger partial charge in [-0.25, -0.2) is 0 Å². The van der Waals surface area contributed by atoms with Crippen LogP contribution in [0.5, 0.6) is 5.75 Å². The summed E-state index contributed by atoms with van der Waals surface area (Å²) in [6.07, 6.45) is 11.2. The van der Waals surface area contributed by atoms with E-state index < -0.39 is 0 Å². The lowest BCUT2D eigenvalue weighted by molar-refractivity contribution is -0.138. The van der Waals surface area contributed by atoms with Gasteiger partial charge < -0.3 is 9.84 Å². The monoisotopic (exact) mass is 380 g/mol. The molecule has 6 atom stereocenters. The minimum atomic E-state index is -0.0917. The van der Waals surface area contributed by atoms with Crippen molar-refractivity contribution in [1.29, 1.82) is 0 Å². The van der Waals surface area contributed by atoms with Gasteiger partial charge in [0.25, 0.3) is 0 Å². The van der Waals surface area contributed by atoms with E-state index in [9.17, 15) is 9.90 Å². The summed E-state index contributed by atoms with van der Waals surface area (Å²) in [7, 11) is 0. The van der Waals surface area contributed by atoms with Crippen molar-refractivity contribution in [3.8, 4) is 5.75 Å². The molecule has 4 fully saturated rings. The molecule has 1 N–H and O–H groups in total. The molecule has 0 unspecified atom stereocenters. The molecule has 0 amide bonds. The molecule has 0 radical (unpaired) electrons. The summed E-state index contributed by atoms with van der Waals surface area (Å²) in [5, 5.41) is 10.7. The van der Waals surface area contributed by atoms with Crippen molar-refractivity contribution in [2.45, 2.75) is 83.2 Å². The molecule has 6 rings (SSSR count). The van der Waals surface area contributed by atoms with Gasteiger partial charge in [-0.05, 0) is 103 Å². The number of carbonyl (C=O) groups excluding carboxylic acids is 1. The first-order chi connectivity index (χ1) is 13.5. The van der Waals surface area contributed by atoms with E-state index in [1.807, 2.05) is 6.07 Å². The molecule has 150 valence electrons. The Morgan fingerprint density at radius 2 is 2.00 bits per heavy atom. The second kappa shape index (κ2) is 5.84. The molecule has 1 aromatic rings. The van der Waals surface area contributed by atoms with Crippen LogP contribution in [0.1, 0.15) is 81.8 Å². The van der Waals surface area contributed by atoms with E-state index in [1.165, 1.54) is 30.4 Å². The SMILES string of the molecule is C[C@]12CC[C@@H]3c4ccc(OC(=O)C5CCCC5)cc4CC[C@H]3[C@@]13C[C@H]3C[C@@H]2O. The molecule has 3 nitrogen and oxygen atoms in total. The van der Waals surface area contributed by atoms with Crippen LogP contribution in [0.2, 0.25) is 0 Å². The lowest BCUT2D eigenvalue weighted by Crippen LogP contribution is -2.47. The predicted octanol–water partition coefficient (Wildman–Crippen LogP) is 5.00. The number of benzene rings is 1. The van der Waals surface area contributed by atoms with E-state index in [1.54, 1.807) is 0 Å². The standard InChI is InChI=1S/C25H32O3/c1-24-11-10-20-19-8-7-18(28-23(27)15-4-2-3-5-15)12-16(19)6-9-21(20)25(24)14-17(25)13-22(24)26/h7-8,12,15,17,20-22,26H,2-6,9-11,13-14H2,1H3/t17-,20-,21-,22+,24-,25+/m1/s1. The maximum atomic E-state index is 12.4. The van der Waals surface area contributed by atoms with Crippen LogP contribution in [0.4, 0.5) is 0 Å². The van der Waals surface area contributed by atoms with Crippen LogP contribution in [0.3, 0.4) is 0 Å². The number of aliphatic hydroxyl groups is 1. The third-order valence-electron chi connectivity index (χ3n) is 9.73. The molecule has 0 aromatic heterocycles. The number of esters is 1. The van der Waals surface area contributed by atoms with E-state index in [4.69, 9.17) is 4.74 Å². The Hall–Kier alpha value is -1.35. The average molecular weight is 381 g/mol. The fourth-order valence-electron chi connectivity index (χ4n) is 8.20. The van der Waals surface area contributed by atoms with E-state index >= 15 is 0 Å². The second-order valence-corrected chi connectivity index (χ2v) is 10.7. The van der Waals surface area contributed by atoms with Crippen molar-refractivity contribution >= 4 is 5.97 Å². The third kappa shape index (κ3) is 2.17. The summed E-state index contributed by atoms with van der Waals surface area (Å²) in [4.78, 5) is 12.4. The average Bonchev–Trinajstić information content (AvgIpc) is 3.06. The normalized spacial score (nSPS) is 43.6. The minimum absolute atomic E-state index is 0.0285. The first-order valence-electron chi connectivity index (χ1n) is 11.6. The summed E-state index contributed by atoms with van der Waals surface area (Å²) in [5.41, 5.74) is 3.45. The van der Waals surface area contributed by atoms with Gasteiger partial charge in [-0.3, -0.25) is 4.79 Å². The number of rotatable bonds is 2. The first kappa shape index (κ1) is 17.5. The van der Waals surface area contributed by atoms with Crippen molar-refractivity contribution in [3.05, 3.63) is 29.3 Å². The van der Waals surface area contributed by atoms with Crippen LogP contribution in [0.15, 0.2) is 18.2 Å². The van der Waals surface area contributed by atoms with E-state index in [-0.39, 0.29) is 23.4 Å². The molecule has 0 bridgehead atoms. The summed E-state index contributed by atoms with van der Waals surface area (Å²) >= 11 is 0. The zero-order valence-corrected chi connectivity index (χ0v) is 17.0. The Bertz CT molecular complexity index is 825. The Labute approximate surface area is 167 Å². The van der Waals surface area contributed by atoms with Gasteiger partial charge in [0.2, 0.25) is 0 Å². The maximum absolute atomic E-state index is 12.4. The predicted molar refractivity (Wildman–Crippen MR) is 107 cm³/mol. The van der Waals surface area contributed by atoms with Gasteiger partial charge >= 0.3 is 5.97 Å². The molecule has 28 heavy (non-hydrogen) atoms. The van der Waals surface area contributed by atoms with Crippen LogP contribution >= 0.6 is 0 Å². The van der Waals surface area contributed by atoms with Gasteiger partial charge in [0, 0.05) is 0 Å². The quantitative estimate of drug-likeness (QED) is 0.580. The molecular formula is C25H32O3. The molecule has 5 aliphatic rings. The van der Waals surface area contributed by atoms with Crippen LogP contribution in [-0.4, -0.2) is 17.2 Å². The lowest BCUT2D eigenvalue weighted by Gasteiger charge is -2.52. The van der Waals surface area contributed by atoms with Gasteiger partial charge in [-0.2, -0.15) is 0 Å². The summed E-state index contributed by atoms with van der Waals surface area (Å²) in [6, 6.07) is 6.44. The Morgan fingerprint density at radius 1 is 1.18 bits per heavy atom. The molecule has 4 saturated carbocycles. The maximum Gasteiger partial charge on any atom is 0.314 e. The molecule has 3 heteroatoms. The Kier molecular flexibility index (Phi) is 3.65. The first-order valence-corrected chi connectivity index (χ1v) is 11.6. The van der Waals surface area contributed by atoms with Crippen LogP contribution < -0.4 is 4.74 Å². The number of ether oxygens (including phenoxy) is 1. The van der Waals surface area contributed by atoms with Gasteiger partial charge in [0.05, 0.1) is 12.0 Å². The van der Waals surface area contributed by atoms with Crippen molar-refractivity contribution in [3.63, 3.8) is 0 Å². The molecule has 1 spiro atoms. The number of aliphatic hydroxyl groups excluding tert-OH is 1. The van der Waals surface area contributed by atoms with Crippen molar-refractivity contribution in [2.24, 2.45) is 28.6 Å². The fraction of sp³-hybridized carbons (Fsp3) is 0.720. The molecule has 0 heterocycles. The smallest absolute Gasteiger partial charge is 0.314 e.